The lowest BCUT2D eigenvalue weighted by Crippen LogP contribution is -2.51. The summed E-state index contributed by atoms with van der Waals surface area (Å²) in [5, 5.41) is 2.63. The molecule has 2 unspecified atom stereocenters. The summed E-state index contributed by atoms with van der Waals surface area (Å²) < 4.78 is 19.6. The topological polar surface area (TPSA) is 75.7 Å². The number of rotatable bonds is 1. The van der Waals surface area contributed by atoms with Crippen molar-refractivity contribution in [1.29, 1.82) is 0 Å². The monoisotopic (exact) mass is 294 g/mol. The molecule has 0 saturated carbocycles. The van der Waals surface area contributed by atoms with Crippen LogP contribution in [0.4, 0.5) is 4.39 Å². The zero-order valence-electron chi connectivity index (χ0n) is 11.7. The molecular weight excluding hydrogens is 279 g/mol. The van der Waals surface area contributed by atoms with Crippen LogP contribution in [0.1, 0.15) is 26.7 Å². The Kier molecular flexibility index (Phi) is 3.07. The first-order chi connectivity index (χ1) is 9.90. The minimum absolute atomic E-state index is 0.0462. The molecule has 112 valence electrons. The van der Waals surface area contributed by atoms with Crippen LogP contribution in [0.3, 0.4) is 0 Å². The van der Waals surface area contributed by atoms with E-state index in [9.17, 15) is 18.8 Å². The van der Waals surface area contributed by atoms with Gasteiger partial charge in [-0.05, 0) is 13.8 Å². The lowest BCUT2D eigenvalue weighted by molar-refractivity contribution is -0.142. The molecule has 7 heteroatoms. The maximum Gasteiger partial charge on any atom is 0.262 e. The van der Waals surface area contributed by atoms with E-state index in [1.807, 2.05) is 0 Å². The zero-order chi connectivity index (χ0) is 15.3. The molecule has 2 heterocycles. The second kappa shape index (κ2) is 4.68. The molecule has 0 saturated heterocycles. The normalized spacial score (nSPS) is 29.7. The molecule has 21 heavy (non-hydrogen) atoms. The number of ether oxygens (including phenoxy) is 1. The van der Waals surface area contributed by atoms with Crippen LogP contribution >= 0.6 is 0 Å². The molecule has 0 bridgehead atoms. The summed E-state index contributed by atoms with van der Waals surface area (Å²) in [6.45, 7) is 2.99. The molecule has 2 aliphatic heterocycles. The van der Waals surface area contributed by atoms with Gasteiger partial charge in [-0.25, -0.2) is 4.39 Å². The number of hydrogen-bond donors (Lipinski definition) is 1. The summed E-state index contributed by atoms with van der Waals surface area (Å²) in [5.41, 5.74) is 1.15. The molecule has 0 fully saturated rings. The van der Waals surface area contributed by atoms with E-state index < -0.39 is 24.0 Å². The van der Waals surface area contributed by atoms with Gasteiger partial charge in [-0.3, -0.25) is 19.3 Å². The van der Waals surface area contributed by atoms with Gasteiger partial charge in [0, 0.05) is 24.0 Å². The smallest absolute Gasteiger partial charge is 0.262 e. The number of alkyl halides is 1. The van der Waals surface area contributed by atoms with Crippen molar-refractivity contribution in [2.75, 3.05) is 6.61 Å². The van der Waals surface area contributed by atoms with Gasteiger partial charge in [0.05, 0.1) is 11.7 Å². The molecule has 0 aromatic rings. The Labute approximate surface area is 120 Å². The average Bonchev–Trinajstić information content (AvgIpc) is 2.63. The highest BCUT2D eigenvalue weighted by Gasteiger charge is 2.45. The highest BCUT2D eigenvalue weighted by Crippen LogP contribution is 2.34. The second-order valence-corrected chi connectivity index (χ2v) is 5.46. The van der Waals surface area contributed by atoms with E-state index in [0.29, 0.717) is 22.6 Å². The summed E-state index contributed by atoms with van der Waals surface area (Å²) in [7, 11) is 0. The quantitative estimate of drug-likeness (QED) is 0.717. The molecule has 0 aromatic carbocycles. The SMILES string of the molecule is CC1=C(C)C(=O)N(C2CC3=C(CC2F)OCC(=O)N3)C1=O. The third-order valence-corrected chi connectivity index (χ3v) is 4.19. The van der Waals surface area contributed by atoms with Crippen LogP contribution in [0, 0.1) is 0 Å². The maximum absolute atomic E-state index is 14.4. The predicted molar refractivity (Wildman–Crippen MR) is 69.3 cm³/mol. The van der Waals surface area contributed by atoms with E-state index in [1.165, 1.54) is 0 Å². The fourth-order valence-electron chi connectivity index (χ4n) is 2.84. The number of carbonyl (C=O) groups is 3. The van der Waals surface area contributed by atoms with Crippen molar-refractivity contribution < 1.29 is 23.5 Å². The Bertz CT molecular complexity index is 598. The van der Waals surface area contributed by atoms with E-state index in [1.54, 1.807) is 13.8 Å². The van der Waals surface area contributed by atoms with Crippen molar-refractivity contribution in [3.8, 4) is 0 Å². The number of allylic oxidation sites excluding steroid dienone is 1. The summed E-state index contributed by atoms with van der Waals surface area (Å²) in [6.07, 6.45) is -1.37. The molecule has 3 aliphatic rings. The van der Waals surface area contributed by atoms with Crippen molar-refractivity contribution in [3.05, 3.63) is 22.6 Å². The number of hydrogen-bond acceptors (Lipinski definition) is 4. The van der Waals surface area contributed by atoms with Gasteiger partial charge in [-0.15, -0.1) is 0 Å². The van der Waals surface area contributed by atoms with Crippen molar-refractivity contribution in [2.24, 2.45) is 0 Å². The third kappa shape index (κ3) is 2.03. The number of nitrogens with zero attached hydrogens (tertiary/aromatic N) is 1. The van der Waals surface area contributed by atoms with Gasteiger partial charge in [0.15, 0.2) is 6.61 Å². The standard InChI is InChI=1S/C14H15FN2O4/c1-6-7(2)14(20)17(13(6)19)10-4-9-11(3-8(10)15)21-5-12(18)16-9/h8,10H,3-5H2,1-2H3,(H,16,18). The second-order valence-electron chi connectivity index (χ2n) is 5.46. The van der Waals surface area contributed by atoms with Crippen LogP contribution in [0.2, 0.25) is 0 Å². The summed E-state index contributed by atoms with van der Waals surface area (Å²) >= 11 is 0. The lowest BCUT2D eigenvalue weighted by atomic mass is 9.93. The third-order valence-electron chi connectivity index (χ3n) is 4.19. The lowest BCUT2D eigenvalue weighted by Gasteiger charge is -2.36. The van der Waals surface area contributed by atoms with Gasteiger partial charge < -0.3 is 10.1 Å². The largest absolute Gasteiger partial charge is 0.486 e. The number of imide groups is 1. The molecule has 1 N–H and O–H groups in total. The van der Waals surface area contributed by atoms with Gasteiger partial charge in [0.2, 0.25) is 0 Å². The summed E-state index contributed by atoms with van der Waals surface area (Å²) in [4.78, 5) is 36.6. The van der Waals surface area contributed by atoms with Crippen LogP contribution in [-0.4, -0.2) is 41.4 Å². The van der Waals surface area contributed by atoms with Gasteiger partial charge in [0.1, 0.15) is 11.9 Å². The van der Waals surface area contributed by atoms with Gasteiger partial charge >= 0.3 is 0 Å². The number of halogens is 1. The first-order valence-corrected chi connectivity index (χ1v) is 6.74. The minimum atomic E-state index is -1.40. The number of nitrogens with one attached hydrogen (secondary N) is 1. The highest BCUT2D eigenvalue weighted by atomic mass is 19.1. The Morgan fingerprint density at radius 3 is 2.38 bits per heavy atom. The first kappa shape index (κ1) is 13.8. The zero-order valence-corrected chi connectivity index (χ0v) is 11.7. The molecule has 3 rings (SSSR count). The summed E-state index contributed by atoms with van der Waals surface area (Å²) in [5.74, 6) is -0.831. The van der Waals surface area contributed by atoms with Crippen molar-refractivity contribution in [3.63, 3.8) is 0 Å². The number of amides is 3. The van der Waals surface area contributed by atoms with Crippen LogP contribution in [0.25, 0.3) is 0 Å². The predicted octanol–water partition coefficient (Wildman–Crippen LogP) is 0.550. The van der Waals surface area contributed by atoms with Crippen molar-refractivity contribution in [2.45, 2.75) is 38.9 Å². The summed E-state index contributed by atoms with van der Waals surface area (Å²) in [6, 6.07) is -0.904. The van der Waals surface area contributed by atoms with Gasteiger partial charge in [0.25, 0.3) is 17.7 Å². The van der Waals surface area contributed by atoms with E-state index in [0.717, 1.165) is 4.90 Å². The average molecular weight is 294 g/mol. The van der Waals surface area contributed by atoms with Gasteiger partial charge in [-0.2, -0.15) is 0 Å². The van der Waals surface area contributed by atoms with Crippen LogP contribution in [0.15, 0.2) is 22.6 Å². The molecule has 1 aliphatic carbocycles. The molecule has 0 aromatic heterocycles. The fraction of sp³-hybridized carbons (Fsp3) is 0.500. The molecular formula is C14H15FN2O4. The van der Waals surface area contributed by atoms with Crippen molar-refractivity contribution >= 4 is 17.7 Å². The van der Waals surface area contributed by atoms with E-state index in [-0.39, 0.29) is 25.4 Å². The molecule has 2 atom stereocenters. The number of carbonyl (C=O) groups excluding carboxylic acids is 3. The van der Waals surface area contributed by atoms with Crippen LogP contribution in [-0.2, 0) is 19.1 Å². The van der Waals surface area contributed by atoms with E-state index >= 15 is 0 Å². The van der Waals surface area contributed by atoms with Crippen molar-refractivity contribution in [1.82, 2.24) is 10.2 Å². The van der Waals surface area contributed by atoms with Crippen LogP contribution < -0.4 is 5.32 Å². The first-order valence-electron chi connectivity index (χ1n) is 6.74. The van der Waals surface area contributed by atoms with E-state index in [4.69, 9.17) is 4.74 Å². The molecule has 6 nitrogen and oxygen atoms in total. The Morgan fingerprint density at radius 2 is 1.76 bits per heavy atom. The molecule has 0 spiro atoms. The maximum atomic E-state index is 14.4. The Morgan fingerprint density at radius 1 is 1.14 bits per heavy atom. The minimum Gasteiger partial charge on any atom is -0.486 e. The Hall–Kier alpha value is -2.18. The van der Waals surface area contributed by atoms with Gasteiger partial charge in [-0.1, -0.05) is 0 Å². The van der Waals surface area contributed by atoms with Crippen LogP contribution in [0.5, 0.6) is 0 Å². The molecule has 0 radical (unpaired) electrons. The Balaban J connectivity index is 1.88. The highest BCUT2D eigenvalue weighted by molar-refractivity contribution is 6.19. The molecule has 3 amide bonds. The fourth-order valence-corrected chi connectivity index (χ4v) is 2.84. The van der Waals surface area contributed by atoms with E-state index in [2.05, 4.69) is 5.32 Å².